The fraction of sp³-hybridized carbons (Fsp3) is 0.333. The van der Waals surface area contributed by atoms with Crippen molar-refractivity contribution in [1.29, 1.82) is 0 Å². The number of carbonyl (C=O) groups is 4. The van der Waals surface area contributed by atoms with Crippen LogP contribution < -0.4 is 5.32 Å². The number of hydrogen-bond donors (Lipinski definition) is 2. The van der Waals surface area contributed by atoms with E-state index in [-0.39, 0.29) is 36.4 Å². The van der Waals surface area contributed by atoms with Crippen molar-refractivity contribution >= 4 is 58.2 Å². The predicted molar refractivity (Wildman–Crippen MR) is 229 cm³/mol. The molecule has 0 saturated carbocycles. The molecule has 3 fully saturated rings. The summed E-state index contributed by atoms with van der Waals surface area (Å²) < 4.78 is 9.70. The number of methoxy groups -OCH3 is 2. The Balaban J connectivity index is 0.851. The first-order chi connectivity index (χ1) is 29.3. The maximum Gasteiger partial charge on any atom is 0.407 e. The summed E-state index contributed by atoms with van der Waals surface area (Å²) in [7, 11) is 2.66. The van der Waals surface area contributed by atoms with Crippen LogP contribution in [0.4, 0.5) is 10.5 Å². The second-order valence-corrected chi connectivity index (χ2v) is 16.2. The number of nitrogens with zero attached hydrogens (tertiary/aromatic N) is 4. The van der Waals surface area contributed by atoms with E-state index in [1.807, 2.05) is 46.3 Å². The van der Waals surface area contributed by atoms with Crippen LogP contribution in [0.25, 0.3) is 34.2 Å². The predicted octanol–water partition coefficient (Wildman–Crippen LogP) is 7.92. The Hall–Kier alpha value is -6.56. The zero-order chi connectivity index (χ0) is 41.3. The number of alkyl carbamates (subject to hydrolysis) is 1. The Morgan fingerprint density at radius 1 is 0.867 bits per heavy atom. The lowest BCUT2D eigenvalue weighted by molar-refractivity contribution is -0.144. The van der Waals surface area contributed by atoms with E-state index in [0.717, 1.165) is 93.6 Å². The molecule has 12 nitrogen and oxygen atoms in total. The van der Waals surface area contributed by atoms with Crippen LogP contribution in [0.2, 0.25) is 0 Å². The van der Waals surface area contributed by atoms with E-state index in [1.165, 1.54) is 14.2 Å². The number of imidazole rings is 1. The molecule has 5 atom stereocenters. The smallest absolute Gasteiger partial charge is 0.407 e. The highest BCUT2D eigenvalue weighted by molar-refractivity contribution is 6.01. The van der Waals surface area contributed by atoms with Crippen molar-refractivity contribution in [2.45, 2.75) is 81.5 Å². The Kier molecular flexibility index (Phi) is 10.8. The highest BCUT2D eigenvalue weighted by Crippen LogP contribution is 2.41. The first kappa shape index (κ1) is 38.9. The summed E-state index contributed by atoms with van der Waals surface area (Å²) in [6.07, 6.45) is 11.1. The van der Waals surface area contributed by atoms with E-state index in [2.05, 4.69) is 77.1 Å². The highest BCUT2D eigenvalue weighted by Gasteiger charge is 2.45. The van der Waals surface area contributed by atoms with Crippen molar-refractivity contribution in [3.05, 3.63) is 119 Å². The number of nitrogens with one attached hydrogen (secondary N) is 2. The number of aromatic amines is 1. The van der Waals surface area contributed by atoms with Crippen LogP contribution >= 0.6 is 0 Å². The van der Waals surface area contributed by atoms with Crippen molar-refractivity contribution in [3.8, 4) is 11.3 Å². The van der Waals surface area contributed by atoms with Gasteiger partial charge in [0.1, 0.15) is 11.9 Å². The molecule has 12 heteroatoms. The zero-order valence-electron chi connectivity index (χ0n) is 33.8. The summed E-state index contributed by atoms with van der Waals surface area (Å²) in [4.78, 5) is 68.7. The molecule has 3 saturated heterocycles. The van der Waals surface area contributed by atoms with Crippen LogP contribution in [0.3, 0.4) is 0 Å². The minimum atomic E-state index is -0.601. The maximum atomic E-state index is 14.0. The number of aliphatic imine (C=N–C) groups is 1. The number of aromatic nitrogens is 2. The molecule has 60 heavy (non-hydrogen) atoms. The molecule has 1 unspecified atom stereocenters. The van der Waals surface area contributed by atoms with Crippen molar-refractivity contribution in [2.24, 2.45) is 4.99 Å². The van der Waals surface area contributed by atoms with Gasteiger partial charge in [0.05, 0.1) is 56.2 Å². The van der Waals surface area contributed by atoms with Gasteiger partial charge < -0.3 is 29.6 Å². The average Bonchev–Trinajstić information content (AvgIpc) is 4.11. The van der Waals surface area contributed by atoms with Gasteiger partial charge in [-0.05, 0) is 95.8 Å². The zero-order valence-corrected chi connectivity index (χ0v) is 33.8. The summed E-state index contributed by atoms with van der Waals surface area (Å²) in [6.45, 7) is 0.637. The second-order valence-electron chi connectivity index (χ2n) is 16.2. The maximum absolute atomic E-state index is 14.0. The molecule has 0 bridgehead atoms. The topological polar surface area (TPSA) is 146 Å². The minimum absolute atomic E-state index is 0.00197. The van der Waals surface area contributed by atoms with Crippen molar-refractivity contribution in [2.75, 3.05) is 20.8 Å². The van der Waals surface area contributed by atoms with E-state index >= 15 is 0 Å². The molecule has 0 aliphatic carbocycles. The number of benzene rings is 4. The molecule has 0 spiro atoms. The largest absolute Gasteiger partial charge is 0.469 e. The molecule has 5 heterocycles. The van der Waals surface area contributed by atoms with Gasteiger partial charge in [0.2, 0.25) is 11.8 Å². The number of likely N-dealkylation sites (tertiary alicyclic amines) is 1. The lowest BCUT2D eigenvalue weighted by Gasteiger charge is -2.37. The molecule has 5 aromatic rings. The summed E-state index contributed by atoms with van der Waals surface area (Å²) in [6, 6.07) is 27.9. The van der Waals surface area contributed by atoms with Gasteiger partial charge in [0.25, 0.3) is 0 Å². The molecular weight excluding hydrogens is 757 g/mol. The summed E-state index contributed by atoms with van der Waals surface area (Å²) in [5.41, 5.74) is 7.95. The van der Waals surface area contributed by atoms with Crippen molar-refractivity contribution in [1.82, 2.24) is 25.1 Å². The van der Waals surface area contributed by atoms with E-state index in [9.17, 15) is 19.2 Å². The monoisotopic (exact) mass is 804 g/mol. The second kappa shape index (κ2) is 16.6. The Labute approximate surface area is 348 Å². The first-order valence-electron chi connectivity index (χ1n) is 20.8. The number of ether oxygens (including phenoxy) is 2. The molecule has 1 aromatic heterocycles. The number of piperidine rings is 1. The highest BCUT2D eigenvalue weighted by atomic mass is 16.5. The quantitative estimate of drug-likeness (QED) is 0.108. The van der Waals surface area contributed by atoms with Crippen LogP contribution in [0.15, 0.2) is 96.1 Å². The molecule has 4 aliphatic rings. The molecule has 3 amide bonds. The van der Waals surface area contributed by atoms with Gasteiger partial charge in [0, 0.05) is 30.3 Å². The summed E-state index contributed by atoms with van der Waals surface area (Å²) >= 11 is 0. The van der Waals surface area contributed by atoms with E-state index in [4.69, 9.17) is 19.5 Å². The minimum Gasteiger partial charge on any atom is -0.469 e. The molecule has 0 radical (unpaired) electrons. The van der Waals surface area contributed by atoms with Crippen LogP contribution in [0, 0.1) is 0 Å². The third kappa shape index (κ3) is 7.69. The summed E-state index contributed by atoms with van der Waals surface area (Å²) in [5, 5.41) is 4.91. The molecule has 306 valence electrons. The lowest BCUT2D eigenvalue weighted by atomic mass is 9.93. The standard InChI is InChI=1S/C48H48N6O6/c1-59-44(55)27-37(31-7-4-3-5-8-31)46(56)53-22-6-9-42(53)40-26-35-24-30(13-19-38(35)50-40)11-10-29-12-14-33-25-34(16-15-32(33)23-29)41-28-49-45(51-41)43-21-18-36-17-20-39(47(57)54(36)43)52-48(58)60-2/h3-5,7-8,10-16,19,23-25,28,36-37,39,42-43H,6,9,17-18,20-22,26-27H2,1-2H3,(H,49,51)(H,52,58)/b11-10+/t36-,37+,39-,42?,43-/m0/s1. The number of carbonyl (C=O) groups excluding carboxylic acids is 4. The van der Waals surface area contributed by atoms with Gasteiger partial charge in [-0.15, -0.1) is 0 Å². The van der Waals surface area contributed by atoms with Gasteiger partial charge in [-0.25, -0.2) is 9.78 Å². The molecule has 4 aliphatic heterocycles. The Bertz CT molecular complexity index is 2530. The van der Waals surface area contributed by atoms with Gasteiger partial charge in [-0.2, -0.15) is 0 Å². The third-order valence-electron chi connectivity index (χ3n) is 12.6. The van der Waals surface area contributed by atoms with Gasteiger partial charge in [-0.3, -0.25) is 19.4 Å². The average molecular weight is 805 g/mol. The number of fused-ring (bicyclic) bond motifs is 3. The molecule has 4 aromatic carbocycles. The van der Waals surface area contributed by atoms with Crippen LogP contribution in [0.5, 0.6) is 0 Å². The third-order valence-corrected chi connectivity index (χ3v) is 12.6. The van der Waals surface area contributed by atoms with E-state index < -0.39 is 24.0 Å². The molecular formula is C48H48N6O6. The normalized spacial score (nSPS) is 21.5. The van der Waals surface area contributed by atoms with Crippen molar-refractivity contribution in [3.63, 3.8) is 0 Å². The van der Waals surface area contributed by atoms with E-state index in [1.54, 1.807) is 0 Å². The first-order valence-corrected chi connectivity index (χ1v) is 20.8. The number of H-pyrrole nitrogens is 1. The van der Waals surface area contributed by atoms with Gasteiger partial charge in [-0.1, -0.05) is 72.8 Å². The van der Waals surface area contributed by atoms with Gasteiger partial charge >= 0.3 is 12.1 Å². The SMILES string of the molecule is COC(=O)C[C@@H](C(=O)N1CCCC1C1=Nc2ccc(/C=C/c3ccc4cc(-c5cnc([C@@H]6CC[C@@H]7CC[C@H](NC(=O)OC)C(=O)N76)[nH]5)ccc4c3)cc2C1)c1ccccc1. The molecule has 2 N–H and O–H groups in total. The lowest BCUT2D eigenvalue weighted by Crippen LogP contribution is -2.54. The van der Waals surface area contributed by atoms with Crippen LogP contribution in [-0.2, 0) is 30.3 Å². The number of amides is 3. The van der Waals surface area contributed by atoms with E-state index in [0.29, 0.717) is 19.4 Å². The summed E-state index contributed by atoms with van der Waals surface area (Å²) in [5.74, 6) is -0.384. The fourth-order valence-electron chi connectivity index (χ4n) is 9.55. The Morgan fingerprint density at radius 2 is 1.63 bits per heavy atom. The number of esters is 1. The number of rotatable bonds is 10. The van der Waals surface area contributed by atoms with Crippen LogP contribution in [0.1, 0.15) is 85.0 Å². The Morgan fingerprint density at radius 3 is 2.45 bits per heavy atom. The van der Waals surface area contributed by atoms with Crippen LogP contribution in [-0.4, -0.2) is 88.2 Å². The molecule has 9 rings (SSSR count). The van der Waals surface area contributed by atoms with Crippen molar-refractivity contribution < 1.29 is 28.7 Å². The number of hydrogen-bond acceptors (Lipinski definition) is 8. The fourth-order valence-corrected chi connectivity index (χ4v) is 9.55. The van der Waals surface area contributed by atoms with Gasteiger partial charge in [0.15, 0.2) is 0 Å².